The molecule has 2 heteroatoms. The fraction of sp³-hybridized carbons (Fsp3) is 0.188. The molecule has 0 aromatic heterocycles. The molecule has 0 aliphatic carbocycles. The van der Waals surface area contributed by atoms with Crippen LogP contribution in [0, 0.1) is 13.8 Å². The molecule has 170 valence electrons. The highest BCUT2D eigenvalue weighted by Crippen LogP contribution is 2.46. The maximum atomic E-state index is 6.71. The number of benzene rings is 5. The molecular weight excluding hydrogens is 416 g/mol. The van der Waals surface area contributed by atoms with E-state index < -0.39 is 0 Å². The van der Waals surface area contributed by atoms with Crippen molar-refractivity contribution >= 4 is 21.5 Å². The second kappa shape index (κ2) is 9.23. The Hall–Kier alpha value is -3.78. The average molecular weight is 447 g/mol. The van der Waals surface area contributed by atoms with E-state index in [2.05, 4.69) is 113 Å². The van der Waals surface area contributed by atoms with Gasteiger partial charge in [-0.2, -0.15) is 0 Å². The molecule has 5 aromatic rings. The fourth-order valence-electron chi connectivity index (χ4n) is 4.55. The molecule has 0 saturated carbocycles. The van der Waals surface area contributed by atoms with E-state index >= 15 is 0 Å². The van der Waals surface area contributed by atoms with Crippen LogP contribution in [-0.2, 0) is 0 Å². The topological polar surface area (TPSA) is 18.5 Å². The molecule has 2 unspecified atom stereocenters. The van der Waals surface area contributed by atoms with Crippen LogP contribution in [-0.4, -0.2) is 0 Å². The van der Waals surface area contributed by atoms with E-state index in [1.807, 2.05) is 12.1 Å². The van der Waals surface area contributed by atoms with Gasteiger partial charge in [0, 0.05) is 21.5 Å². The Morgan fingerprint density at radius 1 is 0.471 bits per heavy atom. The molecular formula is C32H30O2. The summed E-state index contributed by atoms with van der Waals surface area (Å²) in [5.41, 5.74) is 4.78. The summed E-state index contributed by atoms with van der Waals surface area (Å²) in [6, 6.07) is 33.6. The summed E-state index contributed by atoms with van der Waals surface area (Å²) in [6.07, 6.45) is -0.158. The van der Waals surface area contributed by atoms with Crippen molar-refractivity contribution < 1.29 is 9.47 Å². The van der Waals surface area contributed by atoms with Crippen LogP contribution >= 0.6 is 0 Å². The number of hydrogen-bond donors (Lipinski definition) is 0. The number of aryl methyl sites for hydroxylation is 2. The number of ether oxygens (including phenoxy) is 2. The fourth-order valence-corrected chi connectivity index (χ4v) is 4.55. The van der Waals surface area contributed by atoms with Crippen molar-refractivity contribution in [1.82, 2.24) is 0 Å². The summed E-state index contributed by atoms with van der Waals surface area (Å²) in [4.78, 5) is 0. The molecule has 0 spiro atoms. The second-order valence-electron chi connectivity index (χ2n) is 9.03. The van der Waals surface area contributed by atoms with Gasteiger partial charge in [0.2, 0.25) is 0 Å². The molecule has 5 aromatic carbocycles. The van der Waals surface area contributed by atoms with Gasteiger partial charge in [-0.3, -0.25) is 0 Å². The first-order valence-corrected chi connectivity index (χ1v) is 11.9. The lowest BCUT2D eigenvalue weighted by atomic mass is 9.96. The van der Waals surface area contributed by atoms with Gasteiger partial charge in [0.25, 0.3) is 0 Å². The second-order valence-corrected chi connectivity index (χ2v) is 9.03. The van der Waals surface area contributed by atoms with E-state index in [9.17, 15) is 0 Å². The first-order valence-electron chi connectivity index (χ1n) is 11.9. The van der Waals surface area contributed by atoms with Gasteiger partial charge in [-0.05, 0) is 62.1 Å². The molecule has 0 radical (unpaired) electrons. The van der Waals surface area contributed by atoms with E-state index in [0.29, 0.717) is 0 Å². The van der Waals surface area contributed by atoms with E-state index in [-0.39, 0.29) is 12.2 Å². The van der Waals surface area contributed by atoms with Crippen molar-refractivity contribution in [3.63, 3.8) is 0 Å². The third-order valence-corrected chi connectivity index (χ3v) is 6.67. The largest absolute Gasteiger partial charge is 0.485 e. The van der Waals surface area contributed by atoms with Gasteiger partial charge in [-0.15, -0.1) is 0 Å². The predicted molar refractivity (Wildman–Crippen MR) is 142 cm³/mol. The third-order valence-electron chi connectivity index (χ3n) is 6.67. The summed E-state index contributed by atoms with van der Waals surface area (Å²) < 4.78 is 13.4. The van der Waals surface area contributed by atoms with E-state index in [4.69, 9.17) is 9.47 Å². The average Bonchev–Trinajstić information content (AvgIpc) is 2.88. The van der Waals surface area contributed by atoms with Crippen LogP contribution in [0.5, 0.6) is 11.5 Å². The van der Waals surface area contributed by atoms with E-state index in [1.54, 1.807) is 0 Å². The summed E-state index contributed by atoms with van der Waals surface area (Å²) in [5, 5.41) is 4.30. The monoisotopic (exact) mass is 446 g/mol. The lowest BCUT2D eigenvalue weighted by Gasteiger charge is -2.24. The molecule has 0 saturated heterocycles. The number of hydrogen-bond acceptors (Lipinski definition) is 2. The van der Waals surface area contributed by atoms with Crippen molar-refractivity contribution in [1.29, 1.82) is 0 Å². The Labute approximate surface area is 201 Å². The third kappa shape index (κ3) is 4.12. The first kappa shape index (κ1) is 22.0. The van der Waals surface area contributed by atoms with Crippen molar-refractivity contribution in [2.24, 2.45) is 0 Å². The Kier molecular flexibility index (Phi) is 5.98. The molecule has 0 N–H and O–H groups in total. The van der Waals surface area contributed by atoms with Crippen LogP contribution in [0.3, 0.4) is 0 Å². The van der Waals surface area contributed by atoms with Gasteiger partial charge in [0.05, 0.1) is 0 Å². The number of rotatable bonds is 6. The molecule has 0 heterocycles. The van der Waals surface area contributed by atoms with Crippen LogP contribution in [0.15, 0.2) is 97.1 Å². The van der Waals surface area contributed by atoms with Gasteiger partial charge >= 0.3 is 0 Å². The molecule has 0 bridgehead atoms. The molecule has 0 amide bonds. The Morgan fingerprint density at radius 3 is 1.21 bits per heavy atom. The summed E-state index contributed by atoms with van der Waals surface area (Å²) in [5.74, 6) is 1.81. The van der Waals surface area contributed by atoms with Gasteiger partial charge in [-0.25, -0.2) is 0 Å². The van der Waals surface area contributed by atoms with Crippen LogP contribution in [0.2, 0.25) is 0 Å². The highest BCUT2D eigenvalue weighted by Gasteiger charge is 2.21. The Bertz CT molecular complexity index is 1330. The normalized spacial score (nSPS) is 13.1. The molecule has 34 heavy (non-hydrogen) atoms. The van der Waals surface area contributed by atoms with E-state index in [1.165, 1.54) is 11.1 Å². The van der Waals surface area contributed by atoms with E-state index in [0.717, 1.165) is 44.2 Å². The molecule has 2 nitrogen and oxygen atoms in total. The number of fused-ring (bicyclic) bond motifs is 2. The molecule has 0 aliphatic heterocycles. The zero-order valence-corrected chi connectivity index (χ0v) is 20.2. The van der Waals surface area contributed by atoms with Crippen LogP contribution in [0.1, 0.15) is 48.3 Å². The lowest BCUT2D eigenvalue weighted by molar-refractivity contribution is 0.228. The van der Waals surface area contributed by atoms with Gasteiger partial charge in [-0.1, -0.05) is 84.9 Å². The van der Waals surface area contributed by atoms with Crippen LogP contribution in [0.25, 0.3) is 21.5 Å². The Morgan fingerprint density at radius 2 is 0.824 bits per heavy atom. The zero-order chi connectivity index (χ0) is 23.7. The summed E-state index contributed by atoms with van der Waals surface area (Å²) >= 11 is 0. The van der Waals surface area contributed by atoms with Crippen molar-refractivity contribution in [3.8, 4) is 11.5 Å². The van der Waals surface area contributed by atoms with Crippen molar-refractivity contribution in [3.05, 3.63) is 119 Å². The standard InChI is InChI=1S/C32H30O2/c1-21-19-29-30(20-22(21)2)32(34-24(4)26-15-9-6-10-16-26)28-18-12-11-17-27(28)31(29)33-23(3)25-13-7-5-8-14-25/h5-20,23-24H,1-4H3. The maximum Gasteiger partial charge on any atom is 0.136 e. The van der Waals surface area contributed by atoms with Crippen LogP contribution < -0.4 is 9.47 Å². The van der Waals surface area contributed by atoms with Gasteiger partial charge in [0.1, 0.15) is 23.7 Å². The highest BCUT2D eigenvalue weighted by atomic mass is 16.5. The lowest BCUT2D eigenvalue weighted by Crippen LogP contribution is -2.07. The minimum Gasteiger partial charge on any atom is -0.485 e. The van der Waals surface area contributed by atoms with Gasteiger partial charge in [0.15, 0.2) is 0 Å². The van der Waals surface area contributed by atoms with Crippen molar-refractivity contribution in [2.75, 3.05) is 0 Å². The molecule has 2 atom stereocenters. The summed E-state index contributed by atoms with van der Waals surface area (Å²) in [6.45, 7) is 8.53. The molecule has 5 rings (SSSR count). The quantitative estimate of drug-likeness (QED) is 0.242. The van der Waals surface area contributed by atoms with Crippen molar-refractivity contribution in [2.45, 2.75) is 39.9 Å². The summed E-state index contributed by atoms with van der Waals surface area (Å²) in [7, 11) is 0. The SMILES string of the molecule is Cc1cc2c(OC(C)c3ccccc3)c3ccccc3c(OC(C)c3ccccc3)c2cc1C. The minimum atomic E-state index is -0.0792. The first-order chi connectivity index (χ1) is 16.5. The molecule has 0 aliphatic rings. The molecule has 0 fully saturated rings. The predicted octanol–water partition coefficient (Wildman–Crippen LogP) is 8.89. The highest BCUT2D eigenvalue weighted by molar-refractivity contribution is 6.11. The maximum absolute atomic E-state index is 6.71. The Balaban J connectivity index is 1.71. The smallest absolute Gasteiger partial charge is 0.136 e. The van der Waals surface area contributed by atoms with Crippen LogP contribution in [0.4, 0.5) is 0 Å². The zero-order valence-electron chi connectivity index (χ0n) is 20.2. The minimum absolute atomic E-state index is 0.0792. The van der Waals surface area contributed by atoms with Gasteiger partial charge < -0.3 is 9.47 Å².